The average Bonchev–Trinajstić information content (AvgIpc) is 2.95. The van der Waals surface area contributed by atoms with Gasteiger partial charge in [0.05, 0.1) is 18.6 Å². The Hall–Kier alpha value is -2.57. The number of esters is 3. The Morgan fingerprint density at radius 1 is 0.939 bits per heavy atom. The molecule has 0 saturated heterocycles. The fourth-order valence-corrected chi connectivity index (χ4v) is 5.38. The molecule has 1 aromatic carbocycles. The summed E-state index contributed by atoms with van der Waals surface area (Å²) in [7, 11) is 1.33. The molecule has 2 aliphatic rings. The van der Waals surface area contributed by atoms with Gasteiger partial charge in [0, 0.05) is 11.3 Å². The van der Waals surface area contributed by atoms with Crippen LogP contribution in [0, 0.1) is 11.8 Å². The normalized spacial score (nSPS) is 26.2. The maximum atomic E-state index is 14.2. The summed E-state index contributed by atoms with van der Waals surface area (Å²) in [6.07, 6.45) is 1.65. The lowest BCUT2D eigenvalue weighted by Gasteiger charge is -2.51. The molecule has 7 heteroatoms. The number of carbonyl (C=O) groups excluding carboxylic acids is 3. The lowest BCUT2D eigenvalue weighted by atomic mass is 9.55. The van der Waals surface area contributed by atoms with Crippen molar-refractivity contribution >= 4 is 23.6 Å². The Morgan fingerprint density at radius 2 is 1.48 bits per heavy atom. The molecule has 1 aliphatic carbocycles. The van der Waals surface area contributed by atoms with Gasteiger partial charge in [0.1, 0.15) is 11.2 Å². The van der Waals surface area contributed by atoms with E-state index in [1.54, 1.807) is 53.7 Å². The number of rotatable bonds is 3. The minimum Gasteiger partial charge on any atom is -0.469 e. The number of hydrogen-bond acceptors (Lipinski definition) is 7. The third-order valence-corrected chi connectivity index (χ3v) is 6.47. The van der Waals surface area contributed by atoms with E-state index in [1.165, 1.54) is 7.11 Å². The van der Waals surface area contributed by atoms with Gasteiger partial charge in [0.15, 0.2) is 0 Å². The molecule has 1 saturated carbocycles. The van der Waals surface area contributed by atoms with Gasteiger partial charge in [-0.15, -0.1) is 0 Å². The topological polar surface area (TPSA) is 90.9 Å². The van der Waals surface area contributed by atoms with Crippen molar-refractivity contribution in [3.63, 3.8) is 0 Å². The first kappa shape index (κ1) is 25.1. The predicted molar refractivity (Wildman–Crippen MR) is 125 cm³/mol. The molecule has 0 unspecified atom stereocenters. The van der Waals surface area contributed by atoms with Crippen molar-refractivity contribution < 1.29 is 28.6 Å². The summed E-state index contributed by atoms with van der Waals surface area (Å²) < 4.78 is 17.0. The van der Waals surface area contributed by atoms with Crippen LogP contribution >= 0.6 is 0 Å². The van der Waals surface area contributed by atoms with Gasteiger partial charge in [-0.3, -0.25) is 14.4 Å². The van der Waals surface area contributed by atoms with E-state index in [2.05, 4.69) is 12.2 Å². The van der Waals surface area contributed by atoms with Crippen molar-refractivity contribution in [2.45, 2.75) is 89.9 Å². The van der Waals surface area contributed by atoms with Gasteiger partial charge in [-0.05, 0) is 72.8 Å². The maximum absolute atomic E-state index is 14.2. The van der Waals surface area contributed by atoms with E-state index in [9.17, 15) is 14.4 Å². The van der Waals surface area contributed by atoms with Gasteiger partial charge in [-0.25, -0.2) is 0 Å². The van der Waals surface area contributed by atoms with Gasteiger partial charge in [0.25, 0.3) is 0 Å². The molecule has 1 aliphatic heterocycles. The number of carbonyl (C=O) groups is 3. The Kier molecular flexibility index (Phi) is 6.33. The lowest BCUT2D eigenvalue weighted by Crippen LogP contribution is -2.69. The van der Waals surface area contributed by atoms with Gasteiger partial charge in [-0.2, -0.15) is 0 Å². The summed E-state index contributed by atoms with van der Waals surface area (Å²) in [5.74, 6) is -2.49. The van der Waals surface area contributed by atoms with Gasteiger partial charge in [-0.1, -0.05) is 25.1 Å². The first-order chi connectivity index (χ1) is 15.2. The number of benzene rings is 1. The van der Waals surface area contributed by atoms with Gasteiger partial charge < -0.3 is 19.5 Å². The van der Waals surface area contributed by atoms with E-state index in [0.29, 0.717) is 24.1 Å². The third-order valence-electron chi connectivity index (χ3n) is 6.47. The maximum Gasteiger partial charge on any atom is 0.331 e. The molecule has 0 radical (unpaired) electrons. The van der Waals surface area contributed by atoms with Crippen molar-refractivity contribution in [2.75, 3.05) is 12.4 Å². The first-order valence-corrected chi connectivity index (χ1v) is 11.6. The van der Waals surface area contributed by atoms with Crippen LogP contribution in [0.2, 0.25) is 0 Å². The van der Waals surface area contributed by atoms with E-state index < -0.39 is 46.0 Å². The minimum atomic E-state index is -1.88. The molecule has 1 N–H and O–H groups in total. The molecular formula is C26H37NO6. The number of methoxy groups -OCH3 is 1. The van der Waals surface area contributed by atoms with Crippen LogP contribution in [0.4, 0.5) is 5.69 Å². The molecule has 3 rings (SSSR count). The quantitative estimate of drug-likeness (QED) is 0.407. The molecule has 7 nitrogen and oxygen atoms in total. The van der Waals surface area contributed by atoms with Crippen LogP contribution < -0.4 is 5.32 Å². The van der Waals surface area contributed by atoms with Crippen LogP contribution in [-0.4, -0.2) is 41.8 Å². The highest BCUT2D eigenvalue weighted by Crippen LogP contribution is 2.59. The second-order valence-corrected chi connectivity index (χ2v) is 11.4. The number of anilines is 1. The minimum absolute atomic E-state index is 0.150. The summed E-state index contributed by atoms with van der Waals surface area (Å²) in [6.45, 7) is 12.6. The Balaban J connectivity index is 2.38. The van der Waals surface area contributed by atoms with Crippen LogP contribution in [0.3, 0.4) is 0 Å². The number of ether oxygens (including phenoxy) is 3. The molecule has 0 bridgehead atoms. The number of para-hydroxylation sites is 1. The molecule has 1 spiro atoms. The summed E-state index contributed by atoms with van der Waals surface area (Å²) in [5, 5.41) is 3.47. The summed E-state index contributed by atoms with van der Waals surface area (Å²) >= 11 is 0. The molecule has 33 heavy (non-hydrogen) atoms. The number of nitrogens with one attached hydrogen (secondary N) is 1. The van der Waals surface area contributed by atoms with E-state index in [1.807, 2.05) is 12.1 Å². The van der Waals surface area contributed by atoms with Crippen LogP contribution in [0.25, 0.3) is 0 Å². The van der Waals surface area contributed by atoms with Crippen LogP contribution in [0.1, 0.15) is 73.3 Å². The second-order valence-electron chi connectivity index (χ2n) is 11.4. The Labute approximate surface area is 196 Å². The van der Waals surface area contributed by atoms with Gasteiger partial charge in [0.2, 0.25) is 5.41 Å². The van der Waals surface area contributed by atoms with Crippen molar-refractivity contribution in [1.82, 2.24) is 0 Å². The van der Waals surface area contributed by atoms with Crippen molar-refractivity contribution in [1.29, 1.82) is 0 Å². The third kappa shape index (κ3) is 4.22. The summed E-state index contributed by atoms with van der Waals surface area (Å²) in [6, 6.07) is 7.18. The van der Waals surface area contributed by atoms with Crippen molar-refractivity contribution in [3.05, 3.63) is 29.8 Å². The molecule has 182 valence electrons. The molecule has 0 aromatic heterocycles. The van der Waals surface area contributed by atoms with E-state index >= 15 is 0 Å². The van der Waals surface area contributed by atoms with Crippen LogP contribution in [0.15, 0.2) is 24.3 Å². The molecule has 1 aromatic rings. The highest BCUT2D eigenvalue weighted by Gasteiger charge is 2.74. The van der Waals surface area contributed by atoms with E-state index in [-0.39, 0.29) is 5.92 Å². The smallest absolute Gasteiger partial charge is 0.331 e. The zero-order valence-electron chi connectivity index (χ0n) is 21.0. The van der Waals surface area contributed by atoms with E-state index in [4.69, 9.17) is 14.2 Å². The molecular weight excluding hydrogens is 422 g/mol. The monoisotopic (exact) mass is 459 g/mol. The molecule has 3 atom stereocenters. The zero-order valence-corrected chi connectivity index (χ0v) is 21.0. The predicted octanol–water partition coefficient (Wildman–Crippen LogP) is 4.38. The molecule has 1 heterocycles. The fourth-order valence-electron chi connectivity index (χ4n) is 5.38. The highest BCUT2D eigenvalue weighted by atomic mass is 16.6. The number of fused-ring (bicyclic) bond motifs is 1. The van der Waals surface area contributed by atoms with Crippen LogP contribution in [-0.2, 0) is 34.0 Å². The molecule has 0 amide bonds. The van der Waals surface area contributed by atoms with Gasteiger partial charge >= 0.3 is 17.9 Å². The largest absolute Gasteiger partial charge is 0.469 e. The summed E-state index contributed by atoms with van der Waals surface area (Å²) in [5.41, 5.74) is -3.78. The average molecular weight is 460 g/mol. The highest BCUT2D eigenvalue weighted by molar-refractivity contribution is 6.13. The van der Waals surface area contributed by atoms with Crippen molar-refractivity contribution in [3.8, 4) is 0 Å². The summed E-state index contributed by atoms with van der Waals surface area (Å²) in [4.78, 5) is 41.5. The second kappa shape index (κ2) is 8.33. The zero-order chi connectivity index (χ0) is 24.8. The Morgan fingerprint density at radius 3 is 2.00 bits per heavy atom. The fraction of sp³-hybridized carbons (Fsp3) is 0.654. The standard InChI is InChI=1S/C26H37NO6/c1-16-13-14-18(20(28)31-8)25(15-16)26(21(29)32-23(2,3)4,22(30)33-24(5,6)7)17-11-9-10-12-19(17)27-25/h9-12,16,18,27H,13-15H2,1-8H3/t16-,18+,25+/m1/s1. The Bertz CT molecular complexity index is 913. The van der Waals surface area contributed by atoms with E-state index in [0.717, 1.165) is 6.42 Å². The SMILES string of the molecule is COC(=O)[C@@H]1CC[C@@H](C)C[C@]12Nc1ccccc1C2(C(=O)OC(C)(C)C)C(=O)OC(C)(C)C. The molecule has 1 fully saturated rings. The van der Waals surface area contributed by atoms with Crippen LogP contribution in [0.5, 0.6) is 0 Å². The van der Waals surface area contributed by atoms with Crippen molar-refractivity contribution in [2.24, 2.45) is 11.8 Å². The number of hydrogen-bond donors (Lipinski definition) is 1. The lowest BCUT2D eigenvalue weighted by molar-refractivity contribution is -0.185. The first-order valence-electron chi connectivity index (χ1n) is 11.6.